The standard InChI is InChI=1S/C24H31N3O5/c1-6-31-20-14-19(27-24(30)22(15(3)4)25-16(5)28)21(32-7-2)13-18(20)26-23(29)17-11-9-8-10-12-17/h8-15,22H,6-7H2,1-5H3,(H,25,28)(H,26,29)(H,27,30). The van der Waals surface area contributed by atoms with Crippen LogP contribution in [-0.2, 0) is 9.59 Å². The number of benzene rings is 2. The molecule has 2 rings (SSSR count). The lowest BCUT2D eigenvalue weighted by Crippen LogP contribution is -2.46. The van der Waals surface area contributed by atoms with Gasteiger partial charge in [0.1, 0.15) is 17.5 Å². The number of hydrogen-bond donors (Lipinski definition) is 3. The lowest BCUT2D eigenvalue weighted by Gasteiger charge is -2.23. The van der Waals surface area contributed by atoms with Crippen molar-refractivity contribution in [2.24, 2.45) is 5.92 Å². The first kappa shape index (κ1) is 24.7. The highest BCUT2D eigenvalue weighted by Crippen LogP contribution is 2.37. The third kappa shape index (κ3) is 6.73. The monoisotopic (exact) mass is 441 g/mol. The second-order valence-electron chi connectivity index (χ2n) is 7.44. The summed E-state index contributed by atoms with van der Waals surface area (Å²) in [5.41, 5.74) is 1.30. The fourth-order valence-electron chi connectivity index (χ4n) is 3.05. The normalized spacial score (nSPS) is 11.4. The Kier molecular flexibility index (Phi) is 9.07. The third-order valence-corrected chi connectivity index (χ3v) is 4.53. The molecule has 0 saturated heterocycles. The second kappa shape index (κ2) is 11.7. The Balaban J connectivity index is 2.38. The minimum Gasteiger partial charge on any atom is -0.492 e. The van der Waals surface area contributed by atoms with Crippen LogP contribution in [0.2, 0.25) is 0 Å². The zero-order chi connectivity index (χ0) is 23.7. The average Bonchev–Trinajstić information content (AvgIpc) is 2.75. The smallest absolute Gasteiger partial charge is 0.255 e. The van der Waals surface area contributed by atoms with Crippen LogP contribution in [0.15, 0.2) is 42.5 Å². The van der Waals surface area contributed by atoms with Gasteiger partial charge in [0, 0.05) is 24.6 Å². The summed E-state index contributed by atoms with van der Waals surface area (Å²) < 4.78 is 11.4. The fourth-order valence-corrected chi connectivity index (χ4v) is 3.05. The Labute approximate surface area is 188 Å². The SMILES string of the molecule is CCOc1cc(NC(=O)C(NC(C)=O)C(C)C)c(OCC)cc1NC(=O)c1ccccc1. The maximum absolute atomic E-state index is 12.9. The van der Waals surface area contributed by atoms with Crippen molar-refractivity contribution in [3.05, 3.63) is 48.0 Å². The molecule has 1 unspecified atom stereocenters. The quantitative estimate of drug-likeness (QED) is 0.520. The molecule has 2 aromatic carbocycles. The Morgan fingerprint density at radius 1 is 0.875 bits per heavy atom. The van der Waals surface area contributed by atoms with Gasteiger partial charge in [0.05, 0.1) is 24.6 Å². The topological polar surface area (TPSA) is 106 Å². The molecule has 0 bridgehead atoms. The number of anilines is 2. The van der Waals surface area contributed by atoms with Crippen molar-refractivity contribution in [1.29, 1.82) is 0 Å². The summed E-state index contributed by atoms with van der Waals surface area (Å²) in [5.74, 6) is -0.326. The average molecular weight is 442 g/mol. The summed E-state index contributed by atoms with van der Waals surface area (Å²) >= 11 is 0. The van der Waals surface area contributed by atoms with Gasteiger partial charge < -0.3 is 25.4 Å². The maximum atomic E-state index is 12.9. The Bertz CT molecular complexity index is 944. The van der Waals surface area contributed by atoms with Gasteiger partial charge in [-0.2, -0.15) is 0 Å². The molecule has 0 aliphatic carbocycles. The third-order valence-electron chi connectivity index (χ3n) is 4.53. The molecule has 3 N–H and O–H groups in total. The Morgan fingerprint density at radius 2 is 1.41 bits per heavy atom. The molecule has 0 saturated carbocycles. The van der Waals surface area contributed by atoms with Gasteiger partial charge in [-0.05, 0) is 31.9 Å². The molecule has 1 atom stereocenters. The van der Waals surface area contributed by atoms with Crippen molar-refractivity contribution >= 4 is 29.1 Å². The van der Waals surface area contributed by atoms with Gasteiger partial charge in [-0.1, -0.05) is 32.0 Å². The zero-order valence-corrected chi connectivity index (χ0v) is 19.2. The fraction of sp³-hybridized carbons (Fsp3) is 0.375. The van der Waals surface area contributed by atoms with E-state index in [1.807, 2.05) is 33.8 Å². The summed E-state index contributed by atoms with van der Waals surface area (Å²) in [5, 5.41) is 8.33. The van der Waals surface area contributed by atoms with Crippen molar-refractivity contribution in [3.63, 3.8) is 0 Å². The van der Waals surface area contributed by atoms with Gasteiger partial charge in [0.25, 0.3) is 5.91 Å². The van der Waals surface area contributed by atoms with E-state index in [9.17, 15) is 14.4 Å². The number of carbonyl (C=O) groups is 3. The molecule has 0 radical (unpaired) electrons. The molecule has 3 amide bonds. The molecule has 0 aliphatic rings. The van der Waals surface area contributed by atoms with Crippen LogP contribution in [-0.4, -0.2) is 37.0 Å². The van der Waals surface area contributed by atoms with Crippen LogP contribution < -0.4 is 25.4 Å². The molecule has 0 fully saturated rings. The Hall–Kier alpha value is -3.55. The molecular weight excluding hydrogens is 410 g/mol. The van der Waals surface area contributed by atoms with Gasteiger partial charge in [-0.25, -0.2) is 0 Å². The van der Waals surface area contributed by atoms with E-state index in [1.165, 1.54) is 6.92 Å². The molecule has 2 aromatic rings. The van der Waals surface area contributed by atoms with E-state index in [4.69, 9.17) is 9.47 Å². The molecule has 172 valence electrons. The number of amides is 3. The largest absolute Gasteiger partial charge is 0.492 e. The zero-order valence-electron chi connectivity index (χ0n) is 19.2. The number of rotatable bonds is 10. The predicted octanol–water partition coefficient (Wildman–Crippen LogP) is 3.84. The van der Waals surface area contributed by atoms with E-state index in [2.05, 4.69) is 16.0 Å². The van der Waals surface area contributed by atoms with E-state index in [-0.39, 0.29) is 23.6 Å². The first-order valence-corrected chi connectivity index (χ1v) is 10.6. The van der Waals surface area contributed by atoms with Crippen LogP contribution in [0.1, 0.15) is 45.0 Å². The van der Waals surface area contributed by atoms with Gasteiger partial charge in [0.15, 0.2) is 0 Å². The van der Waals surface area contributed by atoms with Crippen molar-refractivity contribution < 1.29 is 23.9 Å². The van der Waals surface area contributed by atoms with E-state index in [1.54, 1.807) is 36.4 Å². The minimum absolute atomic E-state index is 0.120. The summed E-state index contributed by atoms with van der Waals surface area (Å²) in [6.45, 7) is 9.40. The van der Waals surface area contributed by atoms with Crippen molar-refractivity contribution in [2.75, 3.05) is 23.8 Å². The van der Waals surface area contributed by atoms with Crippen LogP contribution >= 0.6 is 0 Å². The van der Waals surface area contributed by atoms with E-state index < -0.39 is 6.04 Å². The summed E-state index contributed by atoms with van der Waals surface area (Å²) in [6, 6.07) is 11.3. The molecule has 0 aliphatic heterocycles. The minimum atomic E-state index is -0.713. The highest BCUT2D eigenvalue weighted by Gasteiger charge is 2.25. The van der Waals surface area contributed by atoms with Crippen LogP contribution in [0.4, 0.5) is 11.4 Å². The van der Waals surface area contributed by atoms with Gasteiger partial charge in [-0.3, -0.25) is 14.4 Å². The maximum Gasteiger partial charge on any atom is 0.255 e. The molecular formula is C24H31N3O5. The molecule has 0 heterocycles. The number of hydrogen-bond acceptors (Lipinski definition) is 5. The molecule has 0 aromatic heterocycles. The van der Waals surface area contributed by atoms with Crippen LogP contribution in [0.3, 0.4) is 0 Å². The molecule has 8 nitrogen and oxygen atoms in total. The van der Waals surface area contributed by atoms with E-state index in [0.29, 0.717) is 41.7 Å². The van der Waals surface area contributed by atoms with Gasteiger partial charge in [-0.15, -0.1) is 0 Å². The first-order valence-electron chi connectivity index (χ1n) is 10.6. The highest BCUT2D eigenvalue weighted by molar-refractivity contribution is 6.06. The first-order chi connectivity index (χ1) is 15.3. The van der Waals surface area contributed by atoms with Crippen LogP contribution in [0.25, 0.3) is 0 Å². The Morgan fingerprint density at radius 3 is 1.88 bits per heavy atom. The predicted molar refractivity (Wildman–Crippen MR) is 124 cm³/mol. The second-order valence-corrected chi connectivity index (χ2v) is 7.44. The lowest BCUT2D eigenvalue weighted by atomic mass is 10.0. The van der Waals surface area contributed by atoms with Crippen molar-refractivity contribution in [2.45, 2.75) is 40.7 Å². The number of ether oxygens (including phenoxy) is 2. The number of carbonyl (C=O) groups excluding carboxylic acids is 3. The molecule has 8 heteroatoms. The van der Waals surface area contributed by atoms with E-state index >= 15 is 0 Å². The van der Waals surface area contributed by atoms with E-state index in [0.717, 1.165) is 0 Å². The number of nitrogens with one attached hydrogen (secondary N) is 3. The summed E-state index contributed by atoms with van der Waals surface area (Å²) in [6.07, 6.45) is 0. The van der Waals surface area contributed by atoms with Crippen molar-refractivity contribution in [3.8, 4) is 11.5 Å². The van der Waals surface area contributed by atoms with Crippen LogP contribution in [0.5, 0.6) is 11.5 Å². The van der Waals surface area contributed by atoms with Crippen LogP contribution in [0, 0.1) is 5.92 Å². The molecule has 32 heavy (non-hydrogen) atoms. The highest BCUT2D eigenvalue weighted by atomic mass is 16.5. The molecule has 0 spiro atoms. The summed E-state index contributed by atoms with van der Waals surface area (Å²) in [7, 11) is 0. The van der Waals surface area contributed by atoms with Gasteiger partial charge >= 0.3 is 0 Å². The van der Waals surface area contributed by atoms with Gasteiger partial charge in [0.2, 0.25) is 11.8 Å². The summed E-state index contributed by atoms with van der Waals surface area (Å²) in [4.78, 5) is 37.0. The van der Waals surface area contributed by atoms with Crippen molar-refractivity contribution in [1.82, 2.24) is 5.32 Å². The lowest BCUT2D eigenvalue weighted by molar-refractivity contribution is -0.126.